The number of hydrogen-bond acceptors (Lipinski definition) is 4. The van der Waals surface area contributed by atoms with Crippen molar-refractivity contribution in [2.75, 3.05) is 0 Å². The fourth-order valence-electron chi connectivity index (χ4n) is 3.98. The van der Waals surface area contributed by atoms with Gasteiger partial charge in [-0.3, -0.25) is 0 Å². The first-order valence-corrected chi connectivity index (χ1v) is 11.9. The van der Waals surface area contributed by atoms with Gasteiger partial charge in [-0.25, -0.2) is 14.4 Å². The van der Waals surface area contributed by atoms with E-state index in [4.69, 9.17) is 0 Å². The van der Waals surface area contributed by atoms with Crippen LogP contribution in [0.4, 0.5) is 0 Å². The largest absolute Gasteiger partial charge is 0.508 e. The summed E-state index contributed by atoms with van der Waals surface area (Å²) in [4.78, 5) is 33.7. The van der Waals surface area contributed by atoms with Gasteiger partial charge in [0, 0.05) is 5.56 Å². The number of aliphatic hydroxyl groups excluding tert-OH is 1. The molecule has 0 amide bonds. The minimum atomic E-state index is -1.02. The lowest BCUT2D eigenvalue weighted by molar-refractivity contribution is 0.0678. The molecule has 2 rings (SSSR count). The number of rotatable bonds is 8. The van der Waals surface area contributed by atoms with Crippen LogP contribution in [0.5, 0.6) is 0 Å². The number of aliphatic hydroxyl groups is 1. The monoisotopic (exact) mass is 514 g/mol. The van der Waals surface area contributed by atoms with Crippen LogP contribution >= 0.6 is 0 Å². The number of hydrogen-bond donors (Lipinski definition) is 4. The molecule has 0 saturated heterocycles. The molecule has 0 aromatic heterocycles. The molecule has 7 heteroatoms. The Labute approximate surface area is 220 Å². The number of benzene rings is 2. The first kappa shape index (κ1) is 33.4. The maximum atomic E-state index is 11.3. The van der Waals surface area contributed by atoms with Crippen LogP contribution in [0.3, 0.4) is 0 Å². The summed E-state index contributed by atoms with van der Waals surface area (Å²) in [5.41, 5.74) is 3.98. The molecule has 7 nitrogen and oxygen atoms in total. The van der Waals surface area contributed by atoms with Crippen molar-refractivity contribution < 1.29 is 34.8 Å². The molecule has 0 radical (unpaired) electrons. The average Bonchev–Trinajstić information content (AvgIpc) is 2.76. The highest BCUT2D eigenvalue weighted by atomic mass is 16.4. The second-order valence-corrected chi connectivity index (χ2v) is 10.0. The Kier molecular flexibility index (Phi) is 12.3. The van der Waals surface area contributed by atoms with Gasteiger partial charge in [0.15, 0.2) is 0 Å². The van der Waals surface area contributed by atoms with E-state index in [2.05, 4.69) is 6.58 Å². The predicted octanol–water partition coefficient (Wildman–Crippen LogP) is 8.13. The number of carboxylic acid groups (broad SMARTS) is 3. The molecule has 0 spiro atoms. The van der Waals surface area contributed by atoms with Crippen molar-refractivity contribution in [3.63, 3.8) is 0 Å². The lowest BCUT2D eigenvalue weighted by atomic mass is 9.87. The average molecular weight is 515 g/mol. The Balaban J connectivity index is 0.000000682. The Morgan fingerprint density at radius 1 is 0.514 bits per heavy atom. The van der Waals surface area contributed by atoms with Crippen molar-refractivity contribution in [1.82, 2.24) is 0 Å². The molecule has 0 fully saturated rings. The van der Waals surface area contributed by atoms with E-state index in [9.17, 15) is 34.8 Å². The molecule has 0 aliphatic heterocycles. The summed E-state index contributed by atoms with van der Waals surface area (Å²) in [7, 11) is 0. The molecule has 0 aliphatic carbocycles. The lowest BCUT2D eigenvalue weighted by Gasteiger charge is -2.18. The Bertz CT molecular complexity index is 1070. The fourth-order valence-corrected chi connectivity index (χ4v) is 3.98. The first-order valence-electron chi connectivity index (χ1n) is 11.9. The number of carboxylic acids is 3. The standard InChI is InChI=1S/C15H20O3.C14H18O4.CH4/c1-8(2)11-6-12(9(3)4)14(15(17)18)7-13(11)10(5)16;1-7(2)9-5-12(14(17)18)10(8(3)4)6-11(9)13(15)16;/h6-9,16H,5H2,1-4H3,(H,17,18);5-8H,1-4H3,(H,15,16)(H,17,18);1H4. The van der Waals surface area contributed by atoms with Crippen LogP contribution in [0.25, 0.3) is 5.76 Å². The van der Waals surface area contributed by atoms with Crippen LogP contribution in [0, 0.1) is 0 Å². The normalized spacial score (nSPS) is 10.7. The van der Waals surface area contributed by atoms with E-state index >= 15 is 0 Å². The predicted molar refractivity (Wildman–Crippen MR) is 149 cm³/mol. The third-order valence-corrected chi connectivity index (χ3v) is 5.93. The van der Waals surface area contributed by atoms with Gasteiger partial charge in [-0.2, -0.15) is 0 Å². The molecule has 4 N–H and O–H groups in total. The molecule has 0 saturated carbocycles. The van der Waals surface area contributed by atoms with E-state index in [1.165, 1.54) is 18.2 Å². The van der Waals surface area contributed by atoms with Gasteiger partial charge in [0.1, 0.15) is 5.76 Å². The van der Waals surface area contributed by atoms with Crippen molar-refractivity contribution in [2.24, 2.45) is 0 Å². The maximum absolute atomic E-state index is 11.3. The maximum Gasteiger partial charge on any atom is 0.335 e. The van der Waals surface area contributed by atoms with Crippen molar-refractivity contribution >= 4 is 23.7 Å². The minimum absolute atomic E-state index is 0. The van der Waals surface area contributed by atoms with Crippen LogP contribution in [-0.2, 0) is 0 Å². The minimum Gasteiger partial charge on any atom is -0.508 e. The molecular formula is C30H42O7. The van der Waals surface area contributed by atoms with E-state index in [-0.39, 0.29) is 53.5 Å². The molecule has 0 unspecified atom stereocenters. The van der Waals surface area contributed by atoms with Gasteiger partial charge >= 0.3 is 17.9 Å². The van der Waals surface area contributed by atoms with Gasteiger partial charge < -0.3 is 20.4 Å². The van der Waals surface area contributed by atoms with Gasteiger partial charge in [0.05, 0.1) is 16.7 Å². The smallest absolute Gasteiger partial charge is 0.335 e. The van der Waals surface area contributed by atoms with E-state index in [1.807, 2.05) is 61.5 Å². The zero-order valence-corrected chi connectivity index (χ0v) is 22.3. The lowest BCUT2D eigenvalue weighted by Crippen LogP contribution is -2.11. The fraction of sp³-hybridized carbons (Fsp3) is 0.433. The summed E-state index contributed by atoms with van der Waals surface area (Å²) in [6.07, 6.45) is 0. The summed E-state index contributed by atoms with van der Waals surface area (Å²) >= 11 is 0. The third kappa shape index (κ3) is 8.20. The van der Waals surface area contributed by atoms with E-state index in [1.54, 1.807) is 0 Å². The first-order chi connectivity index (χ1) is 16.5. The molecule has 204 valence electrons. The van der Waals surface area contributed by atoms with E-state index < -0.39 is 17.9 Å². The Morgan fingerprint density at radius 2 is 0.757 bits per heavy atom. The van der Waals surface area contributed by atoms with Gasteiger partial charge in [0.25, 0.3) is 0 Å². The SMILES string of the molecule is C.C=C(O)c1cc(C(=O)O)c(C(C)C)cc1C(C)C.CC(C)c1cc(C(=O)O)c(C(C)C)cc1C(=O)O. The van der Waals surface area contributed by atoms with Crippen LogP contribution in [0.1, 0.15) is 145 Å². The number of aromatic carboxylic acids is 3. The Hall–Kier alpha value is -3.61. The number of carbonyl (C=O) groups is 3. The van der Waals surface area contributed by atoms with Crippen LogP contribution in [0.15, 0.2) is 30.8 Å². The molecule has 0 heterocycles. The van der Waals surface area contributed by atoms with Crippen LogP contribution < -0.4 is 0 Å². The molecule has 0 aliphatic rings. The topological polar surface area (TPSA) is 132 Å². The Morgan fingerprint density at radius 3 is 1.00 bits per heavy atom. The van der Waals surface area contributed by atoms with E-state index in [0.29, 0.717) is 16.7 Å². The van der Waals surface area contributed by atoms with Crippen molar-refractivity contribution in [2.45, 2.75) is 86.5 Å². The second kappa shape index (κ2) is 13.6. The van der Waals surface area contributed by atoms with Crippen molar-refractivity contribution in [1.29, 1.82) is 0 Å². The molecule has 0 bridgehead atoms. The molecule has 37 heavy (non-hydrogen) atoms. The van der Waals surface area contributed by atoms with Gasteiger partial charge in [-0.15, -0.1) is 0 Å². The summed E-state index contributed by atoms with van der Waals surface area (Å²) in [6, 6.07) is 6.38. The van der Waals surface area contributed by atoms with Crippen LogP contribution in [-0.4, -0.2) is 38.3 Å². The van der Waals surface area contributed by atoms with Crippen molar-refractivity contribution in [3.05, 3.63) is 75.4 Å². The highest BCUT2D eigenvalue weighted by Crippen LogP contribution is 2.31. The van der Waals surface area contributed by atoms with Crippen molar-refractivity contribution in [3.8, 4) is 0 Å². The van der Waals surface area contributed by atoms with E-state index in [0.717, 1.165) is 11.1 Å². The summed E-state index contributed by atoms with van der Waals surface area (Å²) in [5, 5.41) is 37.2. The highest BCUT2D eigenvalue weighted by Gasteiger charge is 2.22. The highest BCUT2D eigenvalue weighted by molar-refractivity contribution is 5.95. The molecule has 0 atom stereocenters. The summed E-state index contributed by atoms with van der Waals surface area (Å²) in [5.74, 6) is -2.84. The third-order valence-electron chi connectivity index (χ3n) is 5.93. The quantitative estimate of drug-likeness (QED) is 0.261. The second-order valence-electron chi connectivity index (χ2n) is 10.0. The summed E-state index contributed by atoms with van der Waals surface area (Å²) < 4.78 is 0. The zero-order chi connectivity index (χ0) is 28.1. The zero-order valence-electron chi connectivity index (χ0n) is 22.3. The van der Waals surface area contributed by atoms with Gasteiger partial charge in [-0.1, -0.05) is 75.5 Å². The van der Waals surface area contributed by atoms with Crippen LogP contribution in [0.2, 0.25) is 0 Å². The molecular weight excluding hydrogens is 472 g/mol. The summed E-state index contributed by atoms with van der Waals surface area (Å²) in [6.45, 7) is 18.8. The molecule has 2 aromatic carbocycles. The van der Waals surface area contributed by atoms with Gasteiger partial charge in [-0.05, 0) is 64.1 Å². The molecule has 2 aromatic rings. The van der Waals surface area contributed by atoms with Gasteiger partial charge in [0.2, 0.25) is 0 Å².